The smallest absolute Gasteiger partial charge is 0.239 e. The second kappa shape index (κ2) is 6.08. The van der Waals surface area contributed by atoms with E-state index in [2.05, 4.69) is 0 Å². The lowest BCUT2D eigenvalue weighted by Crippen LogP contribution is -2.44. The topological polar surface area (TPSA) is 55.6 Å². The molecular formula is C11H22N2O2. The van der Waals surface area contributed by atoms with Crippen molar-refractivity contribution in [1.29, 1.82) is 0 Å². The fourth-order valence-electron chi connectivity index (χ4n) is 1.89. The quantitative estimate of drug-likeness (QED) is 0.746. The molecule has 88 valence electrons. The predicted molar refractivity (Wildman–Crippen MR) is 59.4 cm³/mol. The van der Waals surface area contributed by atoms with E-state index in [0.717, 1.165) is 32.6 Å². The summed E-state index contributed by atoms with van der Waals surface area (Å²) in [6, 6.07) is -0.348. The van der Waals surface area contributed by atoms with Crippen molar-refractivity contribution in [2.24, 2.45) is 11.7 Å². The van der Waals surface area contributed by atoms with E-state index in [1.54, 1.807) is 4.90 Å². The van der Waals surface area contributed by atoms with Gasteiger partial charge in [0.1, 0.15) is 0 Å². The summed E-state index contributed by atoms with van der Waals surface area (Å²) in [6.07, 6.45) is 2.95. The minimum Gasteiger partial charge on any atom is -0.381 e. The van der Waals surface area contributed by atoms with Crippen molar-refractivity contribution in [3.8, 4) is 0 Å². The summed E-state index contributed by atoms with van der Waals surface area (Å²) in [6.45, 7) is 4.34. The molecule has 0 aromatic rings. The van der Waals surface area contributed by atoms with Crippen LogP contribution in [0.25, 0.3) is 0 Å². The maximum atomic E-state index is 11.7. The molecule has 1 amide bonds. The Kier molecular flexibility index (Phi) is 5.05. The summed E-state index contributed by atoms with van der Waals surface area (Å²) in [5.41, 5.74) is 5.70. The second-order valence-electron chi connectivity index (χ2n) is 4.32. The summed E-state index contributed by atoms with van der Waals surface area (Å²) < 4.78 is 5.38. The van der Waals surface area contributed by atoms with Gasteiger partial charge in [-0.3, -0.25) is 4.79 Å². The average molecular weight is 214 g/mol. The largest absolute Gasteiger partial charge is 0.381 e. The van der Waals surface area contributed by atoms with Gasteiger partial charge in [-0.15, -0.1) is 0 Å². The van der Waals surface area contributed by atoms with Crippen molar-refractivity contribution in [3.63, 3.8) is 0 Å². The summed E-state index contributed by atoms with van der Waals surface area (Å²) in [4.78, 5) is 13.5. The molecule has 1 aliphatic heterocycles. The number of carbonyl (C=O) groups excluding carboxylic acids is 1. The van der Waals surface area contributed by atoms with Crippen LogP contribution in [0.15, 0.2) is 0 Å². The summed E-state index contributed by atoms with van der Waals surface area (Å²) in [5.74, 6) is 0.528. The normalized spacial score (nSPS) is 23.5. The molecule has 1 saturated heterocycles. The molecule has 0 radical (unpaired) electrons. The number of nitrogens with two attached hydrogens (primary N) is 1. The van der Waals surface area contributed by atoms with Gasteiger partial charge in [0.2, 0.25) is 5.91 Å². The molecule has 4 heteroatoms. The van der Waals surface area contributed by atoms with Crippen LogP contribution in [0.1, 0.15) is 26.2 Å². The first-order valence-electron chi connectivity index (χ1n) is 5.73. The molecule has 0 aliphatic carbocycles. The molecule has 4 nitrogen and oxygen atoms in total. The Balaban J connectivity index is 2.33. The van der Waals surface area contributed by atoms with Crippen LogP contribution >= 0.6 is 0 Å². The molecule has 1 fully saturated rings. The van der Waals surface area contributed by atoms with Crippen LogP contribution in [-0.4, -0.2) is 43.7 Å². The van der Waals surface area contributed by atoms with Gasteiger partial charge < -0.3 is 15.4 Å². The Labute approximate surface area is 91.8 Å². The van der Waals surface area contributed by atoms with Crippen LogP contribution in [0.2, 0.25) is 0 Å². The number of rotatable bonds is 4. The molecule has 2 unspecified atom stereocenters. The molecule has 0 aromatic heterocycles. The van der Waals surface area contributed by atoms with Crippen LogP contribution in [0.3, 0.4) is 0 Å². The zero-order valence-corrected chi connectivity index (χ0v) is 9.74. The number of hydrogen-bond donors (Lipinski definition) is 1. The van der Waals surface area contributed by atoms with E-state index >= 15 is 0 Å². The van der Waals surface area contributed by atoms with Crippen molar-refractivity contribution in [3.05, 3.63) is 0 Å². The first-order valence-corrected chi connectivity index (χ1v) is 5.73. The predicted octanol–water partition coefficient (Wildman–Crippen LogP) is 0.609. The van der Waals surface area contributed by atoms with E-state index in [-0.39, 0.29) is 11.9 Å². The minimum absolute atomic E-state index is 0.0445. The Morgan fingerprint density at radius 2 is 2.40 bits per heavy atom. The van der Waals surface area contributed by atoms with Crippen LogP contribution < -0.4 is 5.73 Å². The molecule has 15 heavy (non-hydrogen) atoms. The number of hydrogen-bond acceptors (Lipinski definition) is 3. The molecular weight excluding hydrogens is 192 g/mol. The van der Waals surface area contributed by atoms with Gasteiger partial charge in [-0.25, -0.2) is 0 Å². The molecule has 1 aliphatic rings. The third-order valence-electron chi connectivity index (χ3n) is 2.92. The third-order valence-corrected chi connectivity index (χ3v) is 2.92. The first kappa shape index (κ1) is 12.5. The lowest BCUT2D eigenvalue weighted by molar-refractivity contribution is -0.132. The highest BCUT2D eigenvalue weighted by Gasteiger charge is 2.21. The van der Waals surface area contributed by atoms with Crippen molar-refractivity contribution in [2.75, 3.05) is 26.8 Å². The van der Waals surface area contributed by atoms with Crippen LogP contribution in [0, 0.1) is 5.92 Å². The number of ether oxygens (including phenoxy) is 1. The lowest BCUT2D eigenvalue weighted by Gasteiger charge is -2.28. The second-order valence-corrected chi connectivity index (χ2v) is 4.32. The summed E-state index contributed by atoms with van der Waals surface area (Å²) >= 11 is 0. The highest BCUT2D eigenvalue weighted by Crippen LogP contribution is 2.14. The Morgan fingerprint density at radius 1 is 1.67 bits per heavy atom. The van der Waals surface area contributed by atoms with E-state index in [4.69, 9.17) is 10.5 Å². The van der Waals surface area contributed by atoms with Gasteiger partial charge in [0.15, 0.2) is 0 Å². The van der Waals surface area contributed by atoms with Crippen LogP contribution in [0.4, 0.5) is 0 Å². The van der Waals surface area contributed by atoms with Gasteiger partial charge in [0, 0.05) is 20.2 Å². The number of likely N-dealkylation sites (N-methyl/N-ethyl adjacent to an activating group) is 1. The van der Waals surface area contributed by atoms with E-state index in [9.17, 15) is 4.79 Å². The van der Waals surface area contributed by atoms with Gasteiger partial charge in [0.25, 0.3) is 0 Å². The van der Waals surface area contributed by atoms with Crippen molar-refractivity contribution in [1.82, 2.24) is 4.90 Å². The third kappa shape index (κ3) is 3.80. The molecule has 0 spiro atoms. The zero-order valence-electron chi connectivity index (χ0n) is 9.74. The molecule has 0 saturated carbocycles. The average Bonchev–Trinajstić information content (AvgIpc) is 2.28. The highest BCUT2D eigenvalue weighted by molar-refractivity contribution is 5.81. The first-order chi connectivity index (χ1) is 7.15. The van der Waals surface area contributed by atoms with Crippen molar-refractivity contribution >= 4 is 5.91 Å². The van der Waals surface area contributed by atoms with Gasteiger partial charge in [0.05, 0.1) is 12.6 Å². The maximum absolute atomic E-state index is 11.7. The highest BCUT2D eigenvalue weighted by atomic mass is 16.5. The Hall–Kier alpha value is -0.610. The summed E-state index contributed by atoms with van der Waals surface area (Å²) in [7, 11) is 1.83. The van der Waals surface area contributed by atoms with E-state index in [1.165, 1.54) is 0 Å². The lowest BCUT2D eigenvalue weighted by atomic mass is 10.0. The van der Waals surface area contributed by atoms with Crippen molar-refractivity contribution in [2.45, 2.75) is 32.2 Å². The molecule has 2 atom stereocenters. The van der Waals surface area contributed by atoms with Gasteiger partial charge in [-0.05, 0) is 25.2 Å². The standard InChI is InChI=1S/C11H22N2O2/c1-3-10(12)11(14)13(2)7-9-5-4-6-15-8-9/h9-10H,3-8,12H2,1-2H3. The van der Waals surface area contributed by atoms with E-state index < -0.39 is 0 Å². The van der Waals surface area contributed by atoms with Crippen LogP contribution in [-0.2, 0) is 9.53 Å². The van der Waals surface area contributed by atoms with E-state index in [1.807, 2.05) is 14.0 Å². The molecule has 0 bridgehead atoms. The number of amides is 1. The maximum Gasteiger partial charge on any atom is 0.239 e. The fourth-order valence-corrected chi connectivity index (χ4v) is 1.89. The van der Waals surface area contributed by atoms with Gasteiger partial charge >= 0.3 is 0 Å². The Bertz CT molecular complexity index is 203. The molecule has 2 N–H and O–H groups in total. The van der Waals surface area contributed by atoms with Gasteiger partial charge in [-0.1, -0.05) is 6.92 Å². The fraction of sp³-hybridized carbons (Fsp3) is 0.909. The zero-order chi connectivity index (χ0) is 11.3. The number of nitrogens with zero attached hydrogens (tertiary/aromatic N) is 1. The van der Waals surface area contributed by atoms with E-state index in [0.29, 0.717) is 12.3 Å². The van der Waals surface area contributed by atoms with Crippen molar-refractivity contribution < 1.29 is 9.53 Å². The van der Waals surface area contributed by atoms with Crippen LogP contribution in [0.5, 0.6) is 0 Å². The SMILES string of the molecule is CCC(N)C(=O)N(C)CC1CCCOC1. The number of carbonyl (C=O) groups is 1. The monoisotopic (exact) mass is 214 g/mol. The molecule has 0 aromatic carbocycles. The minimum atomic E-state index is -0.348. The molecule has 1 rings (SSSR count). The van der Waals surface area contributed by atoms with Gasteiger partial charge in [-0.2, -0.15) is 0 Å². The summed E-state index contributed by atoms with van der Waals surface area (Å²) in [5, 5.41) is 0. The molecule has 1 heterocycles. The Morgan fingerprint density at radius 3 is 2.93 bits per heavy atom.